The monoisotopic (exact) mass is 195 g/mol. The summed E-state index contributed by atoms with van der Waals surface area (Å²) in [5.41, 5.74) is 12.0. The molecule has 0 unspecified atom stereocenters. The van der Waals surface area contributed by atoms with Gasteiger partial charge in [0.25, 0.3) is 0 Å². The van der Waals surface area contributed by atoms with Gasteiger partial charge in [-0.05, 0) is 6.07 Å². The fourth-order valence-corrected chi connectivity index (χ4v) is 0.874. The number of halogens is 1. The minimum atomic E-state index is 0.310. The highest BCUT2D eigenvalue weighted by molar-refractivity contribution is 6.31. The molecule has 0 radical (unpaired) electrons. The first-order chi connectivity index (χ1) is 6.24. The van der Waals surface area contributed by atoms with Crippen LogP contribution in [0.4, 0.5) is 5.69 Å². The van der Waals surface area contributed by atoms with Crippen molar-refractivity contribution in [1.29, 1.82) is 0 Å². The van der Waals surface area contributed by atoms with Crippen LogP contribution >= 0.6 is 11.6 Å². The highest BCUT2D eigenvalue weighted by Crippen LogP contribution is 2.15. The van der Waals surface area contributed by atoms with Crippen LogP contribution in [0.3, 0.4) is 0 Å². The first kappa shape index (κ1) is 9.85. The minimum Gasteiger partial charge on any atom is -0.396 e. The Bertz CT molecular complexity index is 352. The molecule has 13 heavy (non-hydrogen) atoms. The molecular weight excluding hydrogens is 186 g/mol. The standard InChI is InChI=1S/C9H10ClN3/c10-9-8(12)5-7(6-13-9)3-1-2-4-11/h5-6H,2,4,11-12H2. The summed E-state index contributed by atoms with van der Waals surface area (Å²) in [6.45, 7) is 0.559. The van der Waals surface area contributed by atoms with E-state index < -0.39 is 0 Å². The normalized spacial score (nSPS) is 9.08. The summed E-state index contributed by atoms with van der Waals surface area (Å²) in [5, 5.41) is 0.310. The van der Waals surface area contributed by atoms with Gasteiger partial charge in [-0.2, -0.15) is 0 Å². The van der Waals surface area contributed by atoms with E-state index in [1.54, 1.807) is 12.3 Å². The molecule has 0 aromatic carbocycles. The molecule has 68 valence electrons. The molecule has 4 heteroatoms. The van der Waals surface area contributed by atoms with Crippen LogP contribution in [-0.4, -0.2) is 11.5 Å². The predicted octanol–water partition coefficient (Wildman–Crippen LogP) is 1.02. The molecule has 0 aliphatic carbocycles. The molecule has 0 saturated carbocycles. The molecule has 1 rings (SSSR count). The van der Waals surface area contributed by atoms with Crippen molar-refractivity contribution in [3.8, 4) is 11.8 Å². The van der Waals surface area contributed by atoms with Crippen LogP contribution in [0.1, 0.15) is 12.0 Å². The Kier molecular flexibility index (Phi) is 3.56. The minimum absolute atomic E-state index is 0.310. The number of hydrogen-bond acceptors (Lipinski definition) is 3. The highest BCUT2D eigenvalue weighted by Gasteiger charge is 1.96. The Labute approximate surface area is 82.1 Å². The molecule has 0 aliphatic rings. The van der Waals surface area contributed by atoms with Crippen LogP contribution < -0.4 is 11.5 Å². The van der Waals surface area contributed by atoms with Crippen LogP contribution in [0.15, 0.2) is 12.3 Å². The van der Waals surface area contributed by atoms with Crippen molar-refractivity contribution in [3.63, 3.8) is 0 Å². The van der Waals surface area contributed by atoms with E-state index in [4.69, 9.17) is 23.1 Å². The van der Waals surface area contributed by atoms with Crippen LogP contribution in [-0.2, 0) is 0 Å². The van der Waals surface area contributed by atoms with E-state index in [2.05, 4.69) is 16.8 Å². The molecular formula is C9H10ClN3. The molecule has 1 aromatic rings. The van der Waals surface area contributed by atoms with Crippen molar-refractivity contribution in [3.05, 3.63) is 23.0 Å². The lowest BCUT2D eigenvalue weighted by molar-refractivity contribution is 1.03. The van der Waals surface area contributed by atoms with E-state index in [-0.39, 0.29) is 0 Å². The van der Waals surface area contributed by atoms with E-state index in [1.165, 1.54) is 0 Å². The zero-order chi connectivity index (χ0) is 9.68. The van der Waals surface area contributed by atoms with E-state index in [1.807, 2.05) is 0 Å². The van der Waals surface area contributed by atoms with Gasteiger partial charge in [-0.3, -0.25) is 0 Å². The lowest BCUT2D eigenvalue weighted by Crippen LogP contribution is -1.95. The van der Waals surface area contributed by atoms with E-state index in [0.717, 1.165) is 5.56 Å². The van der Waals surface area contributed by atoms with Gasteiger partial charge in [0.1, 0.15) is 0 Å². The van der Waals surface area contributed by atoms with E-state index >= 15 is 0 Å². The molecule has 4 N–H and O–H groups in total. The van der Waals surface area contributed by atoms with Gasteiger partial charge in [0.15, 0.2) is 5.15 Å². The maximum absolute atomic E-state index is 5.64. The number of rotatable bonds is 1. The smallest absolute Gasteiger partial charge is 0.151 e. The molecule has 0 atom stereocenters. The van der Waals surface area contributed by atoms with Crippen LogP contribution in [0.2, 0.25) is 5.15 Å². The summed E-state index contributed by atoms with van der Waals surface area (Å²) in [7, 11) is 0. The van der Waals surface area contributed by atoms with Crippen LogP contribution in [0.25, 0.3) is 0 Å². The zero-order valence-corrected chi connectivity index (χ0v) is 7.80. The summed E-state index contributed by atoms with van der Waals surface area (Å²) in [4.78, 5) is 3.86. The Morgan fingerprint density at radius 2 is 2.31 bits per heavy atom. The van der Waals surface area contributed by atoms with Gasteiger partial charge in [0.05, 0.1) is 5.69 Å². The summed E-state index contributed by atoms with van der Waals surface area (Å²) < 4.78 is 0. The topological polar surface area (TPSA) is 64.9 Å². The van der Waals surface area contributed by atoms with Gasteiger partial charge in [-0.25, -0.2) is 4.98 Å². The third kappa shape index (κ3) is 2.94. The number of nitrogens with zero attached hydrogens (tertiary/aromatic N) is 1. The van der Waals surface area contributed by atoms with Crippen molar-refractivity contribution in [1.82, 2.24) is 4.98 Å². The fourth-order valence-electron chi connectivity index (χ4n) is 0.770. The molecule has 3 nitrogen and oxygen atoms in total. The molecule has 0 fully saturated rings. The Hall–Kier alpha value is -1.24. The number of hydrogen-bond donors (Lipinski definition) is 2. The van der Waals surface area contributed by atoms with E-state index in [9.17, 15) is 0 Å². The predicted molar refractivity (Wildman–Crippen MR) is 54.2 cm³/mol. The zero-order valence-electron chi connectivity index (χ0n) is 7.05. The summed E-state index contributed by atoms with van der Waals surface area (Å²) in [6, 6.07) is 1.69. The average molecular weight is 196 g/mol. The number of nitrogens with two attached hydrogens (primary N) is 2. The first-order valence-corrected chi connectivity index (χ1v) is 4.22. The third-order valence-corrected chi connectivity index (χ3v) is 1.68. The number of aromatic nitrogens is 1. The van der Waals surface area contributed by atoms with Crippen molar-refractivity contribution in [2.75, 3.05) is 12.3 Å². The van der Waals surface area contributed by atoms with Crippen LogP contribution in [0, 0.1) is 11.8 Å². The summed E-state index contributed by atoms with van der Waals surface area (Å²) in [6.07, 6.45) is 2.25. The third-order valence-electron chi connectivity index (χ3n) is 1.37. The maximum Gasteiger partial charge on any atom is 0.151 e. The van der Waals surface area contributed by atoms with Gasteiger partial charge < -0.3 is 11.5 Å². The number of pyridine rings is 1. The molecule has 0 amide bonds. The van der Waals surface area contributed by atoms with Gasteiger partial charge in [-0.1, -0.05) is 23.4 Å². The lowest BCUT2D eigenvalue weighted by Gasteiger charge is -1.95. The summed E-state index contributed by atoms with van der Waals surface area (Å²) >= 11 is 5.64. The molecule has 1 aromatic heterocycles. The maximum atomic E-state index is 5.64. The molecule has 0 bridgehead atoms. The Balaban J connectivity index is 2.81. The average Bonchev–Trinajstić information content (AvgIpc) is 2.12. The van der Waals surface area contributed by atoms with Gasteiger partial charge in [-0.15, -0.1) is 0 Å². The second-order valence-electron chi connectivity index (χ2n) is 2.44. The number of nitrogen functional groups attached to an aromatic ring is 1. The largest absolute Gasteiger partial charge is 0.396 e. The molecule has 0 aliphatic heterocycles. The first-order valence-electron chi connectivity index (χ1n) is 3.84. The Morgan fingerprint density at radius 3 is 2.92 bits per heavy atom. The molecule has 0 saturated heterocycles. The second kappa shape index (κ2) is 4.70. The van der Waals surface area contributed by atoms with Crippen molar-refractivity contribution in [2.24, 2.45) is 5.73 Å². The van der Waals surface area contributed by atoms with Gasteiger partial charge in [0, 0.05) is 24.7 Å². The molecule has 0 spiro atoms. The fraction of sp³-hybridized carbons (Fsp3) is 0.222. The van der Waals surface area contributed by atoms with Crippen molar-refractivity contribution >= 4 is 17.3 Å². The highest BCUT2D eigenvalue weighted by atomic mass is 35.5. The van der Waals surface area contributed by atoms with Gasteiger partial charge >= 0.3 is 0 Å². The van der Waals surface area contributed by atoms with E-state index in [0.29, 0.717) is 23.8 Å². The number of anilines is 1. The molecule has 1 heterocycles. The summed E-state index contributed by atoms with van der Waals surface area (Å²) in [5.74, 6) is 5.77. The second-order valence-corrected chi connectivity index (χ2v) is 2.80. The lowest BCUT2D eigenvalue weighted by atomic mass is 10.2. The van der Waals surface area contributed by atoms with Crippen molar-refractivity contribution in [2.45, 2.75) is 6.42 Å². The van der Waals surface area contributed by atoms with Gasteiger partial charge in [0.2, 0.25) is 0 Å². The quantitative estimate of drug-likeness (QED) is 0.520. The Morgan fingerprint density at radius 1 is 1.54 bits per heavy atom. The SMILES string of the molecule is NCCC#Cc1cnc(Cl)c(N)c1. The van der Waals surface area contributed by atoms with Crippen LogP contribution in [0.5, 0.6) is 0 Å². The van der Waals surface area contributed by atoms with Crippen molar-refractivity contribution < 1.29 is 0 Å².